The first-order valence-corrected chi connectivity index (χ1v) is 10.9. The highest BCUT2D eigenvalue weighted by molar-refractivity contribution is 7.10. The summed E-state index contributed by atoms with van der Waals surface area (Å²) in [6, 6.07) is 16.3. The molecular weight excluding hydrogens is 450 g/mol. The Morgan fingerprint density at radius 2 is 1.94 bits per heavy atom. The standard InChI is InChI=1S/C24H16ClNO5S/c1-30-16-7-5-15(6-8-16)26-21(19-3-2-10-32-19)20(23(28)24(26)29)22(27)18-12-13-11-14(25)4-9-17(13)31-18/h2-12,21,28H,1H3. The molecule has 8 heteroatoms. The Hall–Kier alpha value is -3.55. The lowest BCUT2D eigenvalue weighted by Gasteiger charge is -2.25. The Bertz CT molecular complexity index is 1370. The molecule has 0 saturated carbocycles. The van der Waals surface area contributed by atoms with E-state index in [2.05, 4.69) is 0 Å². The predicted molar refractivity (Wildman–Crippen MR) is 123 cm³/mol. The molecule has 160 valence electrons. The van der Waals surface area contributed by atoms with Crippen molar-refractivity contribution >= 4 is 51.3 Å². The van der Waals surface area contributed by atoms with Gasteiger partial charge in [0, 0.05) is 21.0 Å². The maximum Gasteiger partial charge on any atom is 0.294 e. The molecule has 32 heavy (non-hydrogen) atoms. The fourth-order valence-electron chi connectivity index (χ4n) is 3.82. The van der Waals surface area contributed by atoms with Crippen molar-refractivity contribution in [1.82, 2.24) is 0 Å². The molecule has 0 bridgehead atoms. The van der Waals surface area contributed by atoms with E-state index in [9.17, 15) is 14.7 Å². The number of methoxy groups -OCH3 is 1. The molecule has 0 spiro atoms. The molecule has 5 rings (SSSR count). The molecule has 1 N–H and O–H groups in total. The van der Waals surface area contributed by atoms with Crippen molar-refractivity contribution in [3.05, 3.63) is 93.0 Å². The average molecular weight is 466 g/mol. The van der Waals surface area contributed by atoms with Gasteiger partial charge in [-0.15, -0.1) is 11.3 Å². The lowest BCUT2D eigenvalue weighted by Crippen LogP contribution is -2.30. The van der Waals surface area contributed by atoms with Gasteiger partial charge in [-0.3, -0.25) is 14.5 Å². The minimum absolute atomic E-state index is 0.0229. The van der Waals surface area contributed by atoms with Crippen molar-refractivity contribution in [3.63, 3.8) is 0 Å². The van der Waals surface area contributed by atoms with Crippen LogP contribution in [0.25, 0.3) is 11.0 Å². The van der Waals surface area contributed by atoms with Gasteiger partial charge in [-0.1, -0.05) is 17.7 Å². The molecule has 0 fully saturated rings. The van der Waals surface area contributed by atoms with Crippen LogP contribution in [0.5, 0.6) is 5.75 Å². The summed E-state index contributed by atoms with van der Waals surface area (Å²) in [6.07, 6.45) is 0. The van der Waals surface area contributed by atoms with Crippen LogP contribution >= 0.6 is 22.9 Å². The van der Waals surface area contributed by atoms with Gasteiger partial charge < -0.3 is 14.3 Å². The van der Waals surface area contributed by atoms with Gasteiger partial charge in [0.05, 0.1) is 12.7 Å². The zero-order valence-electron chi connectivity index (χ0n) is 16.7. The third kappa shape index (κ3) is 3.26. The molecule has 1 unspecified atom stereocenters. The molecule has 2 aromatic heterocycles. The minimum Gasteiger partial charge on any atom is -0.503 e. The number of ether oxygens (including phenoxy) is 1. The Kier molecular flexibility index (Phi) is 5.00. The van der Waals surface area contributed by atoms with Crippen molar-refractivity contribution in [3.8, 4) is 5.75 Å². The van der Waals surface area contributed by atoms with Gasteiger partial charge in [0.2, 0.25) is 5.78 Å². The van der Waals surface area contributed by atoms with E-state index in [0.717, 1.165) is 4.88 Å². The molecule has 0 radical (unpaired) electrons. The fraction of sp³-hybridized carbons (Fsp3) is 0.0833. The molecule has 0 saturated heterocycles. The van der Waals surface area contributed by atoms with E-state index >= 15 is 0 Å². The normalized spacial score (nSPS) is 16.2. The van der Waals surface area contributed by atoms with E-state index in [1.54, 1.807) is 55.6 Å². The zero-order chi connectivity index (χ0) is 22.4. The van der Waals surface area contributed by atoms with E-state index in [1.807, 2.05) is 17.5 Å². The quantitative estimate of drug-likeness (QED) is 0.369. The van der Waals surface area contributed by atoms with Gasteiger partial charge in [-0.25, -0.2) is 0 Å². The summed E-state index contributed by atoms with van der Waals surface area (Å²) >= 11 is 7.43. The number of hydrogen-bond acceptors (Lipinski definition) is 6. The number of aliphatic hydroxyl groups excluding tert-OH is 1. The Morgan fingerprint density at radius 1 is 1.16 bits per heavy atom. The third-order valence-electron chi connectivity index (χ3n) is 5.32. The number of anilines is 1. The van der Waals surface area contributed by atoms with Gasteiger partial charge in [0.1, 0.15) is 17.4 Å². The van der Waals surface area contributed by atoms with Crippen LogP contribution in [0.4, 0.5) is 5.69 Å². The average Bonchev–Trinajstić information content (AvgIpc) is 3.52. The van der Waals surface area contributed by atoms with E-state index in [0.29, 0.717) is 27.4 Å². The van der Waals surface area contributed by atoms with Crippen LogP contribution < -0.4 is 9.64 Å². The van der Waals surface area contributed by atoms with Crippen molar-refractivity contribution in [2.45, 2.75) is 6.04 Å². The Balaban J connectivity index is 1.61. The van der Waals surface area contributed by atoms with E-state index < -0.39 is 23.5 Å². The number of halogens is 1. The van der Waals surface area contributed by atoms with E-state index in [-0.39, 0.29) is 11.3 Å². The lowest BCUT2D eigenvalue weighted by molar-refractivity contribution is -0.117. The number of hydrogen-bond donors (Lipinski definition) is 1. The van der Waals surface area contributed by atoms with Crippen molar-refractivity contribution in [1.29, 1.82) is 0 Å². The minimum atomic E-state index is -0.791. The summed E-state index contributed by atoms with van der Waals surface area (Å²) in [6.45, 7) is 0. The number of fused-ring (bicyclic) bond motifs is 1. The number of ketones is 1. The maximum absolute atomic E-state index is 13.5. The summed E-state index contributed by atoms with van der Waals surface area (Å²) in [4.78, 5) is 28.8. The van der Waals surface area contributed by atoms with E-state index in [1.165, 1.54) is 16.2 Å². The lowest BCUT2D eigenvalue weighted by atomic mass is 10.00. The summed E-state index contributed by atoms with van der Waals surface area (Å²) in [5, 5.41) is 13.8. The van der Waals surface area contributed by atoms with Gasteiger partial charge in [-0.05, 0) is 60.0 Å². The molecule has 2 aromatic carbocycles. The van der Waals surface area contributed by atoms with Gasteiger partial charge >= 0.3 is 0 Å². The van der Waals surface area contributed by atoms with Crippen LogP contribution in [0.15, 0.2) is 81.8 Å². The topological polar surface area (TPSA) is 80.0 Å². The molecule has 3 heterocycles. The van der Waals surface area contributed by atoms with E-state index in [4.69, 9.17) is 20.8 Å². The van der Waals surface area contributed by atoms with Crippen LogP contribution in [0.3, 0.4) is 0 Å². The number of amides is 1. The SMILES string of the molecule is COc1ccc(N2C(=O)C(O)=C(C(=O)c3cc4cc(Cl)ccc4o3)C2c2cccs2)cc1. The molecule has 0 aliphatic carbocycles. The number of carbonyl (C=O) groups excluding carboxylic acids is 2. The molecular formula is C24H16ClNO5S. The van der Waals surface area contributed by atoms with Crippen LogP contribution in [0, 0.1) is 0 Å². The monoisotopic (exact) mass is 465 g/mol. The molecule has 6 nitrogen and oxygen atoms in total. The molecule has 4 aromatic rings. The number of Topliss-reactive ketones (excluding diaryl/α,β-unsaturated/α-hetero) is 1. The summed E-state index contributed by atoms with van der Waals surface area (Å²) in [7, 11) is 1.55. The smallest absolute Gasteiger partial charge is 0.294 e. The van der Waals surface area contributed by atoms with Gasteiger partial charge in [0.25, 0.3) is 5.91 Å². The summed E-state index contributed by atoms with van der Waals surface area (Å²) in [5.74, 6) is -1.16. The second kappa shape index (κ2) is 7.85. The van der Waals surface area contributed by atoms with Crippen molar-refractivity contribution in [2.75, 3.05) is 12.0 Å². The fourth-order valence-corrected chi connectivity index (χ4v) is 4.83. The number of carbonyl (C=O) groups is 2. The van der Waals surface area contributed by atoms with Crippen molar-refractivity contribution in [2.24, 2.45) is 0 Å². The number of nitrogens with zero attached hydrogens (tertiary/aromatic N) is 1. The number of benzene rings is 2. The van der Waals surface area contributed by atoms with Gasteiger partial charge in [-0.2, -0.15) is 0 Å². The van der Waals surface area contributed by atoms with Crippen molar-refractivity contribution < 1.29 is 23.8 Å². The zero-order valence-corrected chi connectivity index (χ0v) is 18.3. The molecule has 1 amide bonds. The number of thiophene rings is 1. The number of furan rings is 1. The van der Waals surface area contributed by atoms with Crippen LogP contribution in [0.2, 0.25) is 5.02 Å². The number of rotatable bonds is 5. The predicted octanol–water partition coefficient (Wildman–Crippen LogP) is 5.94. The highest BCUT2D eigenvalue weighted by atomic mass is 35.5. The second-order valence-corrected chi connectivity index (χ2v) is 8.59. The summed E-state index contributed by atoms with van der Waals surface area (Å²) < 4.78 is 10.9. The Labute approximate surface area is 191 Å². The Morgan fingerprint density at radius 3 is 2.62 bits per heavy atom. The largest absolute Gasteiger partial charge is 0.503 e. The first-order valence-electron chi connectivity index (χ1n) is 9.66. The van der Waals surface area contributed by atoms with Crippen LogP contribution in [0.1, 0.15) is 21.5 Å². The van der Waals surface area contributed by atoms with Gasteiger partial charge in [0.15, 0.2) is 11.5 Å². The van der Waals surface area contributed by atoms with Crippen LogP contribution in [-0.2, 0) is 4.79 Å². The number of aliphatic hydroxyl groups is 1. The third-order valence-corrected chi connectivity index (χ3v) is 6.48. The molecule has 1 aliphatic heterocycles. The van der Waals surface area contributed by atoms with Crippen LogP contribution in [-0.4, -0.2) is 23.9 Å². The molecule has 1 aliphatic rings. The first kappa shape index (κ1) is 20.4. The maximum atomic E-state index is 13.5. The molecule has 1 atom stereocenters. The first-order chi connectivity index (χ1) is 15.5. The highest BCUT2D eigenvalue weighted by Gasteiger charge is 2.45. The highest BCUT2D eigenvalue weighted by Crippen LogP contribution is 2.44. The second-order valence-electron chi connectivity index (χ2n) is 7.18. The summed E-state index contributed by atoms with van der Waals surface area (Å²) in [5.41, 5.74) is 0.986.